The van der Waals surface area contributed by atoms with E-state index < -0.39 is 22.6 Å². The monoisotopic (exact) mass is 344 g/mol. The molecule has 0 radical (unpaired) electrons. The molecule has 1 heterocycles. The van der Waals surface area contributed by atoms with E-state index in [0.29, 0.717) is 5.52 Å². The third-order valence-electron chi connectivity index (χ3n) is 2.53. The summed E-state index contributed by atoms with van der Waals surface area (Å²) in [7, 11) is 0. The molecule has 0 aliphatic carbocycles. The number of hydrogen-bond donors (Lipinski definition) is 2. The van der Waals surface area contributed by atoms with Crippen LogP contribution in [0.15, 0.2) is 23.0 Å². The van der Waals surface area contributed by atoms with Crippen LogP contribution in [-0.4, -0.2) is 22.1 Å². The molecule has 0 saturated carbocycles. The summed E-state index contributed by atoms with van der Waals surface area (Å²) >= 11 is 2.36. The van der Waals surface area contributed by atoms with E-state index in [2.05, 4.69) is 25.9 Å². The molecular formula is C10H6BrF5N2O. The van der Waals surface area contributed by atoms with Crippen LogP contribution in [0.2, 0.25) is 0 Å². The predicted molar refractivity (Wildman–Crippen MR) is 61.6 cm³/mol. The van der Waals surface area contributed by atoms with Crippen molar-refractivity contribution in [2.45, 2.75) is 16.9 Å². The summed E-state index contributed by atoms with van der Waals surface area (Å²) in [5.41, 5.74) is -0.375. The standard InChI is InChI=1S/C10H6BrF5N2O/c11-7(9(12,13)10(14,15)16)4-1-2-5-6(3-4)18-8(19)17-5/h1-3,7H,(H2,17,18,19). The lowest BCUT2D eigenvalue weighted by Crippen LogP contribution is -2.39. The molecule has 2 aromatic rings. The van der Waals surface area contributed by atoms with Crippen molar-refractivity contribution in [2.75, 3.05) is 0 Å². The SMILES string of the molecule is O=c1[nH]c2ccc(C(Br)C(F)(F)C(F)(F)F)cc2[nH]1. The number of H-pyrrole nitrogens is 2. The molecule has 1 aromatic carbocycles. The van der Waals surface area contributed by atoms with E-state index in [9.17, 15) is 26.7 Å². The molecule has 1 unspecified atom stereocenters. The largest absolute Gasteiger partial charge is 0.454 e. The number of alkyl halides is 6. The second-order valence-corrected chi connectivity index (χ2v) is 4.78. The van der Waals surface area contributed by atoms with E-state index in [1.165, 1.54) is 6.07 Å². The molecule has 0 spiro atoms. The lowest BCUT2D eigenvalue weighted by atomic mass is 10.1. The molecule has 1 atom stereocenters. The second-order valence-electron chi connectivity index (χ2n) is 3.87. The quantitative estimate of drug-likeness (QED) is 0.635. The molecule has 2 N–H and O–H groups in total. The van der Waals surface area contributed by atoms with Gasteiger partial charge in [-0.2, -0.15) is 22.0 Å². The Balaban J connectivity index is 2.46. The van der Waals surface area contributed by atoms with Crippen molar-refractivity contribution in [2.24, 2.45) is 0 Å². The molecule has 0 aliphatic rings. The van der Waals surface area contributed by atoms with Gasteiger partial charge < -0.3 is 9.97 Å². The third kappa shape index (κ3) is 2.38. The molecule has 3 nitrogen and oxygen atoms in total. The van der Waals surface area contributed by atoms with Crippen molar-refractivity contribution < 1.29 is 22.0 Å². The predicted octanol–water partition coefficient (Wildman–Crippen LogP) is 3.49. The van der Waals surface area contributed by atoms with Crippen LogP contribution in [0.3, 0.4) is 0 Å². The van der Waals surface area contributed by atoms with Gasteiger partial charge in [-0.3, -0.25) is 0 Å². The number of imidazole rings is 1. The zero-order valence-corrected chi connectivity index (χ0v) is 10.6. The van der Waals surface area contributed by atoms with Crippen molar-refractivity contribution in [3.8, 4) is 0 Å². The van der Waals surface area contributed by atoms with Crippen LogP contribution in [0.5, 0.6) is 0 Å². The van der Waals surface area contributed by atoms with E-state index in [-0.39, 0.29) is 11.1 Å². The first-order chi connectivity index (χ1) is 8.63. The average Bonchev–Trinajstić information content (AvgIpc) is 2.65. The third-order valence-corrected chi connectivity index (χ3v) is 3.63. The van der Waals surface area contributed by atoms with E-state index in [1.807, 2.05) is 0 Å². The Kier molecular flexibility index (Phi) is 3.20. The van der Waals surface area contributed by atoms with E-state index in [4.69, 9.17) is 0 Å². The Morgan fingerprint density at radius 1 is 1.05 bits per heavy atom. The zero-order chi connectivity index (χ0) is 14.4. The van der Waals surface area contributed by atoms with Gasteiger partial charge in [-0.1, -0.05) is 22.0 Å². The fraction of sp³-hybridized carbons (Fsp3) is 0.300. The topological polar surface area (TPSA) is 48.6 Å². The smallest absolute Gasteiger partial charge is 0.306 e. The highest BCUT2D eigenvalue weighted by molar-refractivity contribution is 9.09. The van der Waals surface area contributed by atoms with Crippen molar-refractivity contribution in [1.82, 2.24) is 9.97 Å². The Morgan fingerprint density at radius 3 is 2.21 bits per heavy atom. The Labute approximate surface area is 110 Å². The molecule has 104 valence electrons. The highest BCUT2D eigenvalue weighted by Crippen LogP contribution is 2.48. The Bertz CT molecular complexity index is 660. The van der Waals surface area contributed by atoms with E-state index in [1.54, 1.807) is 0 Å². The molecular weight excluding hydrogens is 339 g/mol. The minimum Gasteiger partial charge on any atom is -0.306 e. The summed E-state index contributed by atoms with van der Waals surface area (Å²) in [5, 5.41) is 0. The van der Waals surface area contributed by atoms with Crippen LogP contribution in [0.4, 0.5) is 22.0 Å². The number of rotatable bonds is 2. The van der Waals surface area contributed by atoms with Crippen molar-refractivity contribution in [3.63, 3.8) is 0 Å². The first-order valence-corrected chi connectivity index (χ1v) is 5.85. The lowest BCUT2D eigenvalue weighted by molar-refractivity contribution is -0.281. The maximum Gasteiger partial charge on any atom is 0.454 e. The van der Waals surface area contributed by atoms with Crippen molar-refractivity contribution in [1.29, 1.82) is 0 Å². The van der Waals surface area contributed by atoms with Crippen LogP contribution in [0, 0.1) is 0 Å². The molecule has 0 saturated heterocycles. The zero-order valence-electron chi connectivity index (χ0n) is 8.99. The Morgan fingerprint density at radius 2 is 1.63 bits per heavy atom. The summed E-state index contributed by atoms with van der Waals surface area (Å²) < 4.78 is 63.1. The van der Waals surface area contributed by atoms with Gasteiger partial charge in [0.2, 0.25) is 0 Å². The highest BCUT2D eigenvalue weighted by Gasteiger charge is 2.62. The summed E-state index contributed by atoms with van der Waals surface area (Å²) in [6.07, 6.45) is -5.67. The molecule has 1 aromatic heterocycles. The average molecular weight is 345 g/mol. The first kappa shape index (κ1) is 14.0. The number of nitrogens with one attached hydrogen (secondary N) is 2. The van der Waals surface area contributed by atoms with Gasteiger partial charge in [0.25, 0.3) is 0 Å². The van der Waals surface area contributed by atoms with Gasteiger partial charge in [-0.25, -0.2) is 4.79 Å². The van der Waals surface area contributed by atoms with Crippen molar-refractivity contribution >= 4 is 27.0 Å². The van der Waals surface area contributed by atoms with Crippen molar-refractivity contribution in [3.05, 3.63) is 34.2 Å². The minimum absolute atomic E-state index is 0.157. The van der Waals surface area contributed by atoms with Crippen LogP contribution < -0.4 is 5.69 Å². The molecule has 19 heavy (non-hydrogen) atoms. The molecule has 2 rings (SSSR count). The van der Waals surface area contributed by atoms with E-state index >= 15 is 0 Å². The van der Waals surface area contributed by atoms with Gasteiger partial charge in [0.1, 0.15) is 4.83 Å². The van der Waals surface area contributed by atoms with Gasteiger partial charge in [0.05, 0.1) is 11.0 Å². The van der Waals surface area contributed by atoms with Gasteiger partial charge in [-0.05, 0) is 17.7 Å². The summed E-state index contributed by atoms with van der Waals surface area (Å²) in [6, 6.07) is 3.40. The normalized spacial score (nSPS) is 14.8. The number of halogens is 6. The number of aromatic nitrogens is 2. The number of benzene rings is 1. The summed E-state index contributed by atoms with van der Waals surface area (Å²) in [4.78, 5) is 13.4. The number of aromatic amines is 2. The molecule has 9 heteroatoms. The number of fused-ring (bicyclic) bond motifs is 1. The molecule has 0 aliphatic heterocycles. The molecule has 0 fully saturated rings. The van der Waals surface area contributed by atoms with Crippen LogP contribution in [0.25, 0.3) is 11.0 Å². The fourth-order valence-electron chi connectivity index (χ4n) is 1.56. The van der Waals surface area contributed by atoms with Gasteiger partial charge in [-0.15, -0.1) is 0 Å². The first-order valence-electron chi connectivity index (χ1n) is 4.93. The minimum atomic E-state index is -5.67. The van der Waals surface area contributed by atoms with Crippen LogP contribution >= 0.6 is 15.9 Å². The summed E-state index contributed by atoms with van der Waals surface area (Å²) in [6.45, 7) is 0. The van der Waals surface area contributed by atoms with Crippen LogP contribution in [0.1, 0.15) is 10.4 Å². The number of hydrogen-bond acceptors (Lipinski definition) is 1. The Hall–Kier alpha value is -1.38. The van der Waals surface area contributed by atoms with Crippen LogP contribution in [-0.2, 0) is 0 Å². The molecule has 0 amide bonds. The van der Waals surface area contributed by atoms with Gasteiger partial charge >= 0.3 is 17.8 Å². The van der Waals surface area contributed by atoms with Gasteiger partial charge in [0.15, 0.2) is 0 Å². The fourth-order valence-corrected chi connectivity index (χ4v) is 2.11. The maximum atomic E-state index is 13.2. The maximum absolute atomic E-state index is 13.2. The summed E-state index contributed by atoms with van der Waals surface area (Å²) in [5.74, 6) is -4.92. The highest BCUT2D eigenvalue weighted by atomic mass is 79.9. The van der Waals surface area contributed by atoms with E-state index in [0.717, 1.165) is 12.1 Å². The second kappa shape index (κ2) is 4.32. The molecule has 0 bridgehead atoms. The lowest BCUT2D eigenvalue weighted by Gasteiger charge is -2.24. The van der Waals surface area contributed by atoms with Gasteiger partial charge in [0, 0.05) is 0 Å².